The molecule has 3 rings (SSSR count). The van der Waals surface area contributed by atoms with Gasteiger partial charge in [-0.15, -0.1) is 0 Å². The lowest BCUT2D eigenvalue weighted by atomic mass is 10.2. The Hall–Kier alpha value is -1.14. The van der Waals surface area contributed by atoms with Gasteiger partial charge < -0.3 is 9.84 Å². The van der Waals surface area contributed by atoms with Crippen molar-refractivity contribution in [2.75, 3.05) is 26.7 Å². The number of nitrogens with one attached hydrogen (secondary N) is 1. The average Bonchev–Trinajstić information content (AvgIpc) is 2.92. The summed E-state index contributed by atoms with van der Waals surface area (Å²) in [5.41, 5.74) is 0.768. The molecule has 0 radical (unpaired) electrons. The Labute approximate surface area is 126 Å². The van der Waals surface area contributed by atoms with E-state index < -0.39 is 0 Å². The quantitative estimate of drug-likeness (QED) is 0.924. The van der Waals surface area contributed by atoms with Gasteiger partial charge in [0.05, 0.1) is 16.1 Å². The van der Waals surface area contributed by atoms with Crippen LogP contribution in [0.3, 0.4) is 0 Å². The molecule has 0 spiro atoms. The molecule has 0 amide bonds. The highest BCUT2D eigenvalue weighted by Gasteiger charge is 2.25. The van der Waals surface area contributed by atoms with E-state index in [2.05, 4.69) is 27.4 Å². The van der Waals surface area contributed by atoms with Crippen molar-refractivity contribution in [3.63, 3.8) is 0 Å². The third-order valence-corrected chi connectivity index (χ3v) is 4.16. The predicted molar refractivity (Wildman–Crippen MR) is 78.0 cm³/mol. The molecule has 106 valence electrons. The van der Waals surface area contributed by atoms with Crippen LogP contribution in [0.15, 0.2) is 22.7 Å². The topological polar surface area (TPSA) is 54.2 Å². The lowest BCUT2D eigenvalue weighted by Crippen LogP contribution is -2.44. The first-order chi connectivity index (χ1) is 9.65. The molecule has 5 nitrogen and oxygen atoms in total. The Morgan fingerprint density at radius 1 is 1.35 bits per heavy atom. The lowest BCUT2D eigenvalue weighted by Gasteiger charge is -2.30. The Kier molecular flexibility index (Phi) is 3.94. The van der Waals surface area contributed by atoms with Crippen LogP contribution >= 0.6 is 23.2 Å². The molecule has 1 aliphatic heterocycles. The van der Waals surface area contributed by atoms with Crippen LogP contribution in [0.25, 0.3) is 11.5 Å². The van der Waals surface area contributed by atoms with Crippen LogP contribution in [0.4, 0.5) is 0 Å². The molecule has 1 aliphatic rings. The highest BCUT2D eigenvalue weighted by Crippen LogP contribution is 2.28. The SMILES string of the molecule is CN1CCNCC1c1noc(-c2ccc(Cl)c(Cl)c2)n1. The second kappa shape index (κ2) is 5.69. The van der Waals surface area contributed by atoms with E-state index >= 15 is 0 Å². The van der Waals surface area contributed by atoms with Crippen molar-refractivity contribution in [2.24, 2.45) is 0 Å². The van der Waals surface area contributed by atoms with Gasteiger partial charge in [-0.2, -0.15) is 4.98 Å². The molecule has 1 fully saturated rings. The number of piperazine rings is 1. The molecule has 7 heteroatoms. The van der Waals surface area contributed by atoms with Crippen molar-refractivity contribution in [3.05, 3.63) is 34.1 Å². The second-order valence-corrected chi connectivity index (χ2v) is 5.60. The summed E-state index contributed by atoms with van der Waals surface area (Å²) in [6.45, 7) is 2.75. The summed E-state index contributed by atoms with van der Waals surface area (Å²) >= 11 is 11.9. The Balaban J connectivity index is 1.87. The van der Waals surface area contributed by atoms with Gasteiger partial charge in [0.15, 0.2) is 5.82 Å². The van der Waals surface area contributed by atoms with Crippen molar-refractivity contribution in [2.45, 2.75) is 6.04 Å². The van der Waals surface area contributed by atoms with Crippen LogP contribution < -0.4 is 5.32 Å². The van der Waals surface area contributed by atoms with Crippen LogP contribution in [0.2, 0.25) is 10.0 Å². The fourth-order valence-corrected chi connectivity index (χ4v) is 2.51. The normalized spacial score (nSPS) is 20.2. The van der Waals surface area contributed by atoms with E-state index in [9.17, 15) is 0 Å². The molecule has 0 aliphatic carbocycles. The number of nitrogens with zero attached hydrogens (tertiary/aromatic N) is 3. The molecule has 1 atom stereocenters. The molecule has 1 saturated heterocycles. The van der Waals surface area contributed by atoms with Crippen LogP contribution in [0, 0.1) is 0 Å². The number of hydrogen-bond donors (Lipinski definition) is 1. The van der Waals surface area contributed by atoms with Gasteiger partial charge in [-0.1, -0.05) is 28.4 Å². The zero-order valence-electron chi connectivity index (χ0n) is 10.9. The molecule has 1 N–H and O–H groups in total. The molecule has 20 heavy (non-hydrogen) atoms. The Bertz CT molecular complexity index is 616. The molecule has 0 saturated carbocycles. The zero-order valence-corrected chi connectivity index (χ0v) is 12.4. The van der Waals surface area contributed by atoms with Crippen LogP contribution in [-0.4, -0.2) is 41.7 Å². The number of aromatic nitrogens is 2. The van der Waals surface area contributed by atoms with Crippen LogP contribution in [0.5, 0.6) is 0 Å². The van der Waals surface area contributed by atoms with Crippen molar-refractivity contribution in [1.82, 2.24) is 20.4 Å². The average molecular weight is 313 g/mol. The third kappa shape index (κ3) is 2.67. The fraction of sp³-hybridized carbons (Fsp3) is 0.385. The van der Waals surface area contributed by atoms with Crippen molar-refractivity contribution in [1.29, 1.82) is 0 Å². The molecule has 2 aromatic rings. The Morgan fingerprint density at radius 3 is 2.95 bits per heavy atom. The van der Waals surface area contributed by atoms with Crippen LogP contribution in [-0.2, 0) is 0 Å². The van der Waals surface area contributed by atoms with Gasteiger partial charge in [0.1, 0.15) is 0 Å². The minimum absolute atomic E-state index is 0.129. The molecular weight excluding hydrogens is 299 g/mol. The first-order valence-electron chi connectivity index (χ1n) is 6.35. The fourth-order valence-electron chi connectivity index (χ4n) is 2.21. The molecule has 1 aromatic carbocycles. The van der Waals surface area contributed by atoms with E-state index in [4.69, 9.17) is 27.7 Å². The van der Waals surface area contributed by atoms with Gasteiger partial charge in [0, 0.05) is 25.2 Å². The smallest absolute Gasteiger partial charge is 0.258 e. The van der Waals surface area contributed by atoms with E-state index in [-0.39, 0.29) is 6.04 Å². The summed E-state index contributed by atoms with van der Waals surface area (Å²) in [6.07, 6.45) is 0. The van der Waals surface area contributed by atoms with Crippen molar-refractivity contribution < 1.29 is 4.52 Å². The van der Waals surface area contributed by atoms with Crippen molar-refractivity contribution in [3.8, 4) is 11.5 Å². The predicted octanol–water partition coefficient (Wildman–Crippen LogP) is 2.62. The monoisotopic (exact) mass is 312 g/mol. The molecule has 2 heterocycles. The summed E-state index contributed by atoms with van der Waals surface area (Å²) in [5, 5.41) is 8.38. The first-order valence-corrected chi connectivity index (χ1v) is 7.11. The molecule has 0 bridgehead atoms. The molecule has 1 aromatic heterocycles. The van der Waals surface area contributed by atoms with Gasteiger partial charge in [-0.3, -0.25) is 4.90 Å². The highest BCUT2D eigenvalue weighted by molar-refractivity contribution is 6.42. The van der Waals surface area contributed by atoms with E-state index in [1.807, 2.05) is 6.07 Å². The maximum Gasteiger partial charge on any atom is 0.258 e. The van der Waals surface area contributed by atoms with Crippen LogP contribution in [0.1, 0.15) is 11.9 Å². The van der Waals surface area contributed by atoms with Gasteiger partial charge >= 0.3 is 0 Å². The number of benzene rings is 1. The summed E-state index contributed by atoms with van der Waals surface area (Å²) < 4.78 is 5.33. The van der Waals surface area contributed by atoms with E-state index in [1.54, 1.807) is 12.1 Å². The van der Waals surface area contributed by atoms with Gasteiger partial charge in [-0.25, -0.2) is 0 Å². The van der Waals surface area contributed by atoms with E-state index in [1.165, 1.54) is 0 Å². The van der Waals surface area contributed by atoms with E-state index in [0.717, 1.165) is 25.2 Å². The second-order valence-electron chi connectivity index (χ2n) is 4.79. The van der Waals surface area contributed by atoms with Gasteiger partial charge in [0.2, 0.25) is 0 Å². The number of rotatable bonds is 2. The number of likely N-dealkylation sites (N-methyl/N-ethyl adjacent to an activating group) is 1. The summed E-state index contributed by atoms with van der Waals surface area (Å²) in [5.74, 6) is 1.14. The standard InChI is InChI=1S/C13H14Cl2N4O/c1-19-5-4-16-7-11(19)12-17-13(20-18-12)8-2-3-9(14)10(15)6-8/h2-3,6,11,16H,4-5,7H2,1H3. The van der Waals surface area contributed by atoms with Crippen molar-refractivity contribution >= 4 is 23.2 Å². The number of halogens is 2. The Morgan fingerprint density at radius 2 is 2.20 bits per heavy atom. The lowest BCUT2D eigenvalue weighted by molar-refractivity contribution is 0.190. The summed E-state index contributed by atoms with van der Waals surface area (Å²) in [4.78, 5) is 6.67. The van der Waals surface area contributed by atoms with E-state index in [0.29, 0.717) is 21.8 Å². The summed E-state index contributed by atoms with van der Waals surface area (Å²) in [6, 6.07) is 5.39. The third-order valence-electron chi connectivity index (χ3n) is 3.42. The van der Waals surface area contributed by atoms with Gasteiger partial charge in [0.25, 0.3) is 5.89 Å². The minimum atomic E-state index is 0.129. The first kappa shape index (κ1) is 13.8. The minimum Gasteiger partial charge on any atom is -0.334 e. The maximum absolute atomic E-state index is 6.00. The maximum atomic E-state index is 6.00. The molecular formula is C13H14Cl2N4O. The molecule has 1 unspecified atom stereocenters. The summed E-state index contributed by atoms with van der Waals surface area (Å²) in [7, 11) is 2.06. The largest absolute Gasteiger partial charge is 0.334 e. The number of hydrogen-bond acceptors (Lipinski definition) is 5. The van der Waals surface area contributed by atoms with Gasteiger partial charge in [-0.05, 0) is 25.2 Å². The highest BCUT2D eigenvalue weighted by atomic mass is 35.5. The zero-order chi connectivity index (χ0) is 14.1.